The predicted molar refractivity (Wildman–Crippen MR) is 67.9 cm³/mol. The second-order valence-corrected chi connectivity index (χ2v) is 4.78. The van der Waals surface area contributed by atoms with Gasteiger partial charge >= 0.3 is 0 Å². The number of hydrogen-bond donors (Lipinski definition) is 1. The molecule has 96 valence electrons. The number of rotatable bonds is 5. The summed E-state index contributed by atoms with van der Waals surface area (Å²) in [6, 6.07) is 0.529. The SMILES string of the molecule is CCNCc1cn(C(C)C2CCOCC2)cn1. The maximum atomic E-state index is 5.41. The Labute approximate surface area is 103 Å². The first kappa shape index (κ1) is 12.6. The third kappa shape index (κ3) is 3.30. The molecule has 4 nitrogen and oxygen atoms in total. The Kier molecular flexibility index (Phi) is 4.57. The number of hydrogen-bond acceptors (Lipinski definition) is 3. The first-order valence-electron chi connectivity index (χ1n) is 6.62. The molecule has 2 rings (SSSR count). The van der Waals surface area contributed by atoms with Gasteiger partial charge in [0.25, 0.3) is 0 Å². The number of aromatic nitrogens is 2. The van der Waals surface area contributed by atoms with Gasteiger partial charge in [-0.2, -0.15) is 0 Å². The van der Waals surface area contributed by atoms with E-state index in [0.29, 0.717) is 6.04 Å². The smallest absolute Gasteiger partial charge is 0.0952 e. The first-order chi connectivity index (χ1) is 8.31. The molecule has 0 spiro atoms. The molecule has 1 aliphatic rings. The molecule has 4 heteroatoms. The summed E-state index contributed by atoms with van der Waals surface area (Å²) in [5.41, 5.74) is 1.13. The van der Waals surface area contributed by atoms with Gasteiger partial charge in [-0.05, 0) is 32.2 Å². The number of imidazole rings is 1. The molecule has 0 aliphatic carbocycles. The van der Waals surface area contributed by atoms with Crippen molar-refractivity contribution >= 4 is 0 Å². The normalized spacial score (nSPS) is 19.4. The van der Waals surface area contributed by atoms with Crippen molar-refractivity contribution in [2.45, 2.75) is 39.3 Å². The van der Waals surface area contributed by atoms with Crippen LogP contribution in [0.25, 0.3) is 0 Å². The van der Waals surface area contributed by atoms with E-state index >= 15 is 0 Å². The Morgan fingerprint density at radius 2 is 2.29 bits per heavy atom. The summed E-state index contributed by atoms with van der Waals surface area (Å²) in [6.45, 7) is 8.07. The van der Waals surface area contributed by atoms with Crippen molar-refractivity contribution in [2.75, 3.05) is 19.8 Å². The van der Waals surface area contributed by atoms with Crippen LogP contribution in [0.5, 0.6) is 0 Å². The highest BCUT2D eigenvalue weighted by Gasteiger charge is 2.21. The molecule has 1 aliphatic heterocycles. The van der Waals surface area contributed by atoms with E-state index < -0.39 is 0 Å². The van der Waals surface area contributed by atoms with E-state index in [2.05, 4.69) is 34.9 Å². The Morgan fingerprint density at radius 1 is 1.53 bits per heavy atom. The summed E-state index contributed by atoms with van der Waals surface area (Å²) in [6.07, 6.45) is 6.47. The molecule has 17 heavy (non-hydrogen) atoms. The fourth-order valence-corrected chi connectivity index (χ4v) is 2.39. The lowest BCUT2D eigenvalue weighted by Gasteiger charge is -2.28. The summed E-state index contributed by atoms with van der Waals surface area (Å²) < 4.78 is 7.66. The van der Waals surface area contributed by atoms with Gasteiger partial charge in [0.15, 0.2) is 0 Å². The number of nitrogens with one attached hydrogen (secondary N) is 1. The van der Waals surface area contributed by atoms with Crippen LogP contribution in [0.2, 0.25) is 0 Å². The van der Waals surface area contributed by atoms with E-state index in [1.54, 1.807) is 0 Å². The minimum Gasteiger partial charge on any atom is -0.381 e. The lowest BCUT2D eigenvalue weighted by atomic mass is 9.93. The second kappa shape index (κ2) is 6.17. The van der Waals surface area contributed by atoms with Gasteiger partial charge in [0.1, 0.15) is 0 Å². The molecule has 0 bridgehead atoms. The van der Waals surface area contributed by atoms with Gasteiger partial charge in [0.05, 0.1) is 12.0 Å². The van der Waals surface area contributed by atoms with E-state index in [-0.39, 0.29) is 0 Å². The average molecular weight is 237 g/mol. The molecular weight excluding hydrogens is 214 g/mol. The van der Waals surface area contributed by atoms with Crippen LogP contribution >= 0.6 is 0 Å². The van der Waals surface area contributed by atoms with Crippen LogP contribution in [0.15, 0.2) is 12.5 Å². The van der Waals surface area contributed by atoms with Crippen LogP contribution in [0.4, 0.5) is 0 Å². The summed E-state index contributed by atoms with van der Waals surface area (Å²) in [7, 11) is 0. The fourth-order valence-electron chi connectivity index (χ4n) is 2.39. The van der Waals surface area contributed by atoms with E-state index in [4.69, 9.17) is 4.74 Å². The first-order valence-corrected chi connectivity index (χ1v) is 6.62. The zero-order valence-electron chi connectivity index (χ0n) is 10.9. The van der Waals surface area contributed by atoms with E-state index in [1.165, 1.54) is 12.8 Å². The summed E-state index contributed by atoms with van der Waals surface area (Å²) >= 11 is 0. The monoisotopic (exact) mass is 237 g/mol. The van der Waals surface area contributed by atoms with Crippen LogP contribution in [0.3, 0.4) is 0 Å². The van der Waals surface area contributed by atoms with Gasteiger partial charge in [0.2, 0.25) is 0 Å². The van der Waals surface area contributed by atoms with Crippen molar-refractivity contribution in [3.63, 3.8) is 0 Å². The summed E-state index contributed by atoms with van der Waals surface area (Å²) in [5.74, 6) is 0.727. The van der Waals surface area contributed by atoms with Gasteiger partial charge in [-0.15, -0.1) is 0 Å². The Balaban J connectivity index is 1.93. The quantitative estimate of drug-likeness (QED) is 0.851. The topological polar surface area (TPSA) is 39.1 Å². The van der Waals surface area contributed by atoms with Crippen LogP contribution in [0, 0.1) is 5.92 Å². The van der Waals surface area contributed by atoms with Crippen molar-refractivity contribution in [3.8, 4) is 0 Å². The Hall–Kier alpha value is -0.870. The highest BCUT2D eigenvalue weighted by Crippen LogP contribution is 2.27. The van der Waals surface area contributed by atoms with Crippen molar-refractivity contribution < 1.29 is 4.74 Å². The van der Waals surface area contributed by atoms with Gasteiger partial charge in [-0.25, -0.2) is 4.98 Å². The summed E-state index contributed by atoms with van der Waals surface area (Å²) in [5, 5.41) is 3.30. The minimum atomic E-state index is 0.529. The second-order valence-electron chi connectivity index (χ2n) is 4.78. The lowest BCUT2D eigenvalue weighted by molar-refractivity contribution is 0.0513. The fraction of sp³-hybridized carbons (Fsp3) is 0.769. The van der Waals surface area contributed by atoms with Crippen molar-refractivity contribution in [2.24, 2.45) is 5.92 Å². The van der Waals surface area contributed by atoms with Crippen LogP contribution in [-0.4, -0.2) is 29.3 Å². The van der Waals surface area contributed by atoms with Crippen molar-refractivity contribution in [3.05, 3.63) is 18.2 Å². The zero-order chi connectivity index (χ0) is 12.1. The lowest BCUT2D eigenvalue weighted by Crippen LogP contribution is -2.23. The highest BCUT2D eigenvalue weighted by molar-refractivity contribution is 4.98. The van der Waals surface area contributed by atoms with Gasteiger partial charge in [0, 0.05) is 32.0 Å². The third-order valence-corrected chi connectivity index (χ3v) is 3.63. The molecule has 0 saturated carbocycles. The average Bonchev–Trinajstić information content (AvgIpc) is 2.85. The predicted octanol–water partition coefficient (Wildman–Crippen LogP) is 1.98. The molecule has 1 aromatic heterocycles. The number of ether oxygens (including phenoxy) is 1. The minimum absolute atomic E-state index is 0.529. The molecule has 0 aromatic carbocycles. The Bertz CT molecular complexity index is 331. The summed E-state index contributed by atoms with van der Waals surface area (Å²) in [4.78, 5) is 4.44. The van der Waals surface area contributed by atoms with E-state index in [1.807, 2.05) is 6.33 Å². The zero-order valence-corrected chi connectivity index (χ0v) is 10.9. The molecule has 1 N–H and O–H groups in total. The standard InChI is InChI=1S/C13H23N3O/c1-3-14-8-13-9-16(10-15-13)11(2)12-4-6-17-7-5-12/h9-12,14H,3-8H2,1-2H3. The van der Waals surface area contributed by atoms with E-state index in [0.717, 1.165) is 37.9 Å². The largest absolute Gasteiger partial charge is 0.381 e. The molecule has 0 radical (unpaired) electrons. The highest BCUT2D eigenvalue weighted by atomic mass is 16.5. The maximum absolute atomic E-state index is 5.41. The maximum Gasteiger partial charge on any atom is 0.0952 e. The molecule has 1 atom stereocenters. The van der Waals surface area contributed by atoms with Crippen molar-refractivity contribution in [1.29, 1.82) is 0 Å². The van der Waals surface area contributed by atoms with Gasteiger partial charge in [-0.1, -0.05) is 6.92 Å². The molecular formula is C13H23N3O. The molecule has 0 amide bonds. The molecule has 1 fully saturated rings. The molecule has 1 aromatic rings. The van der Waals surface area contributed by atoms with Crippen LogP contribution in [-0.2, 0) is 11.3 Å². The van der Waals surface area contributed by atoms with Crippen LogP contribution < -0.4 is 5.32 Å². The molecule has 1 saturated heterocycles. The van der Waals surface area contributed by atoms with Gasteiger partial charge < -0.3 is 14.6 Å². The molecule has 1 unspecified atom stereocenters. The third-order valence-electron chi connectivity index (χ3n) is 3.63. The Morgan fingerprint density at radius 3 is 3.00 bits per heavy atom. The van der Waals surface area contributed by atoms with Crippen molar-refractivity contribution in [1.82, 2.24) is 14.9 Å². The van der Waals surface area contributed by atoms with Gasteiger partial charge in [-0.3, -0.25) is 0 Å². The van der Waals surface area contributed by atoms with E-state index in [9.17, 15) is 0 Å². The van der Waals surface area contributed by atoms with Crippen LogP contribution in [0.1, 0.15) is 38.4 Å². The number of nitrogens with zero attached hydrogens (tertiary/aromatic N) is 2. The molecule has 2 heterocycles.